The van der Waals surface area contributed by atoms with Gasteiger partial charge in [-0.1, -0.05) is 0 Å². The van der Waals surface area contributed by atoms with Crippen LogP contribution in [0.5, 0.6) is 0 Å². The van der Waals surface area contributed by atoms with Crippen LogP contribution in [0.2, 0.25) is 0 Å². The Labute approximate surface area is 45.6 Å². The smallest absolute Gasteiger partial charge is 0.213 e. The summed E-state index contributed by atoms with van der Waals surface area (Å²) in [5, 5.41) is 10.4. The first kappa shape index (κ1) is 6.61. The predicted molar refractivity (Wildman–Crippen MR) is 26.1 cm³/mol. The molecule has 0 aliphatic rings. The molecule has 5 heteroatoms. The Morgan fingerprint density at radius 1 is 1.25 bits per heavy atom. The Morgan fingerprint density at radius 2 is 1.62 bits per heavy atom. The molecule has 0 aromatic heterocycles. The second kappa shape index (κ2) is 3.79. The van der Waals surface area contributed by atoms with Gasteiger partial charge in [0.2, 0.25) is 18.8 Å². The summed E-state index contributed by atoms with van der Waals surface area (Å²) in [5.41, 5.74) is 0. The van der Waals surface area contributed by atoms with Crippen molar-refractivity contribution in [1.29, 1.82) is 5.41 Å². The zero-order valence-corrected chi connectivity index (χ0v) is 3.97. The molecule has 0 heterocycles. The van der Waals surface area contributed by atoms with Gasteiger partial charge in [0.1, 0.15) is 0 Å². The number of amides is 2. The van der Waals surface area contributed by atoms with Gasteiger partial charge in [-0.2, -0.15) is 0 Å². The molecule has 0 fully saturated rings. The second-order valence-corrected chi connectivity index (χ2v) is 0.899. The molecule has 2 amide bonds. The van der Waals surface area contributed by atoms with Crippen LogP contribution in [-0.4, -0.2) is 18.8 Å². The van der Waals surface area contributed by atoms with Crippen molar-refractivity contribution in [3.8, 4) is 0 Å². The number of guanidine groups is 1. The maximum atomic E-state index is 9.48. The third kappa shape index (κ3) is 2.83. The van der Waals surface area contributed by atoms with Crippen molar-refractivity contribution in [2.24, 2.45) is 0 Å². The van der Waals surface area contributed by atoms with Crippen LogP contribution < -0.4 is 10.6 Å². The molecule has 44 valence electrons. The van der Waals surface area contributed by atoms with E-state index in [-0.39, 0.29) is 5.96 Å². The number of nitrogens with one attached hydrogen (secondary N) is 3. The van der Waals surface area contributed by atoms with Crippen LogP contribution in [0, 0.1) is 5.41 Å². The lowest BCUT2D eigenvalue weighted by molar-refractivity contribution is -0.108. The fourth-order valence-electron chi connectivity index (χ4n) is 0.160. The van der Waals surface area contributed by atoms with E-state index in [0.29, 0.717) is 12.8 Å². The average molecular weight is 115 g/mol. The molecule has 0 rings (SSSR count). The molecule has 0 atom stereocenters. The number of hydrogen-bond donors (Lipinski definition) is 3. The number of carbonyl (C=O) groups is 2. The first-order valence-corrected chi connectivity index (χ1v) is 1.80. The van der Waals surface area contributed by atoms with E-state index >= 15 is 0 Å². The minimum absolute atomic E-state index is 0.304. The highest BCUT2D eigenvalue weighted by molar-refractivity contribution is 5.92. The van der Waals surface area contributed by atoms with E-state index in [9.17, 15) is 9.59 Å². The van der Waals surface area contributed by atoms with Crippen molar-refractivity contribution in [2.45, 2.75) is 0 Å². The highest BCUT2D eigenvalue weighted by Crippen LogP contribution is 1.46. The minimum atomic E-state index is -0.324. The molecule has 0 bridgehead atoms. The van der Waals surface area contributed by atoms with Gasteiger partial charge in [0.15, 0.2) is 0 Å². The lowest BCUT2D eigenvalue weighted by Crippen LogP contribution is -2.34. The van der Waals surface area contributed by atoms with E-state index in [1.807, 2.05) is 10.6 Å². The van der Waals surface area contributed by atoms with E-state index in [1.165, 1.54) is 0 Å². The van der Waals surface area contributed by atoms with Gasteiger partial charge in [0.05, 0.1) is 0 Å². The Morgan fingerprint density at radius 3 is 1.88 bits per heavy atom. The lowest BCUT2D eigenvalue weighted by atomic mass is 10.9. The SMILES string of the molecule is N=C(NC=O)NC=O. The van der Waals surface area contributed by atoms with Crippen LogP contribution >= 0.6 is 0 Å². The largest absolute Gasteiger partial charge is 0.299 e. The zero-order chi connectivity index (χ0) is 6.41. The quantitative estimate of drug-likeness (QED) is 0.230. The second-order valence-electron chi connectivity index (χ2n) is 0.899. The van der Waals surface area contributed by atoms with Gasteiger partial charge in [-0.3, -0.25) is 25.6 Å². The first-order valence-electron chi connectivity index (χ1n) is 1.80. The van der Waals surface area contributed by atoms with Crippen molar-refractivity contribution in [3.05, 3.63) is 0 Å². The zero-order valence-electron chi connectivity index (χ0n) is 3.97. The summed E-state index contributed by atoms with van der Waals surface area (Å²) in [7, 11) is 0. The molecular formula is C3H5N3O2. The van der Waals surface area contributed by atoms with Crippen molar-refractivity contribution in [2.75, 3.05) is 0 Å². The molecule has 0 unspecified atom stereocenters. The first-order chi connectivity index (χ1) is 3.81. The van der Waals surface area contributed by atoms with Crippen molar-refractivity contribution in [1.82, 2.24) is 10.6 Å². The summed E-state index contributed by atoms with van der Waals surface area (Å²) < 4.78 is 0. The van der Waals surface area contributed by atoms with E-state index in [2.05, 4.69) is 0 Å². The molecule has 8 heavy (non-hydrogen) atoms. The Bertz CT molecular complexity index is 99.1. The third-order valence-electron chi connectivity index (χ3n) is 0.407. The van der Waals surface area contributed by atoms with Gasteiger partial charge < -0.3 is 0 Å². The van der Waals surface area contributed by atoms with Crippen molar-refractivity contribution >= 4 is 18.8 Å². The van der Waals surface area contributed by atoms with Crippen LogP contribution in [0.3, 0.4) is 0 Å². The van der Waals surface area contributed by atoms with Crippen LogP contribution in [0.1, 0.15) is 0 Å². The van der Waals surface area contributed by atoms with Crippen LogP contribution in [0.15, 0.2) is 0 Å². The summed E-state index contributed by atoms with van der Waals surface area (Å²) in [6.07, 6.45) is 0.609. The monoisotopic (exact) mass is 115 g/mol. The number of carbonyl (C=O) groups excluding carboxylic acids is 2. The van der Waals surface area contributed by atoms with Gasteiger partial charge in [-0.15, -0.1) is 0 Å². The minimum Gasteiger partial charge on any atom is -0.299 e. The van der Waals surface area contributed by atoms with Gasteiger partial charge in [-0.25, -0.2) is 0 Å². The average Bonchev–Trinajstić information content (AvgIpc) is 1.68. The Kier molecular flexibility index (Phi) is 3.13. The van der Waals surface area contributed by atoms with Gasteiger partial charge in [0.25, 0.3) is 0 Å². The maximum absolute atomic E-state index is 9.48. The van der Waals surface area contributed by atoms with Gasteiger partial charge in [0, 0.05) is 0 Å². The fourth-order valence-corrected chi connectivity index (χ4v) is 0.160. The summed E-state index contributed by atoms with van der Waals surface area (Å²) in [4.78, 5) is 19.0. The van der Waals surface area contributed by atoms with Crippen LogP contribution in [0.4, 0.5) is 0 Å². The Hall–Kier alpha value is -1.39. The highest BCUT2D eigenvalue weighted by Gasteiger charge is 1.85. The summed E-state index contributed by atoms with van der Waals surface area (Å²) in [6, 6.07) is 0. The molecule has 0 aliphatic heterocycles. The molecule has 0 aromatic rings. The predicted octanol–water partition coefficient (Wildman–Crippen LogP) is -1.59. The molecule has 3 N–H and O–H groups in total. The normalized spacial score (nSPS) is 7.00. The lowest BCUT2D eigenvalue weighted by Gasteiger charge is -1.93. The van der Waals surface area contributed by atoms with E-state index in [4.69, 9.17) is 5.41 Å². The van der Waals surface area contributed by atoms with Crippen LogP contribution in [0.25, 0.3) is 0 Å². The summed E-state index contributed by atoms with van der Waals surface area (Å²) >= 11 is 0. The molecule has 0 spiro atoms. The topological polar surface area (TPSA) is 82.1 Å². The molecule has 0 radical (unpaired) electrons. The summed E-state index contributed by atoms with van der Waals surface area (Å²) in [5.74, 6) is -0.324. The van der Waals surface area contributed by atoms with Crippen molar-refractivity contribution in [3.63, 3.8) is 0 Å². The van der Waals surface area contributed by atoms with E-state index in [1.54, 1.807) is 0 Å². The molecular weight excluding hydrogens is 110 g/mol. The van der Waals surface area contributed by atoms with E-state index in [0.717, 1.165) is 0 Å². The van der Waals surface area contributed by atoms with Gasteiger partial charge >= 0.3 is 0 Å². The van der Waals surface area contributed by atoms with Gasteiger partial charge in [-0.05, 0) is 0 Å². The maximum Gasteiger partial charge on any atom is 0.213 e. The third-order valence-corrected chi connectivity index (χ3v) is 0.407. The number of hydrogen-bond acceptors (Lipinski definition) is 3. The molecule has 0 aromatic carbocycles. The van der Waals surface area contributed by atoms with Crippen molar-refractivity contribution < 1.29 is 9.59 Å². The Balaban J connectivity index is 3.32. The van der Waals surface area contributed by atoms with Crippen LogP contribution in [-0.2, 0) is 9.59 Å². The molecule has 0 saturated carbocycles. The highest BCUT2D eigenvalue weighted by atomic mass is 16.1. The standard InChI is InChI=1S/C3H5N3O2/c4-3(5-1-7)6-2-8/h1-2H,(H3,4,5,6,7,8). The fraction of sp³-hybridized carbons (Fsp3) is 0. The van der Waals surface area contributed by atoms with E-state index < -0.39 is 0 Å². The number of rotatable bonds is 2. The molecule has 0 saturated heterocycles. The summed E-state index contributed by atoms with van der Waals surface area (Å²) in [6.45, 7) is 0. The molecule has 5 nitrogen and oxygen atoms in total. The molecule has 0 aliphatic carbocycles.